The van der Waals surface area contributed by atoms with Crippen molar-refractivity contribution >= 4 is 21.8 Å². The molecule has 0 aliphatic heterocycles. The van der Waals surface area contributed by atoms with E-state index in [2.05, 4.69) is 21.2 Å². The van der Waals surface area contributed by atoms with E-state index in [4.69, 9.17) is 4.74 Å². The van der Waals surface area contributed by atoms with E-state index in [0.717, 1.165) is 16.5 Å². The van der Waals surface area contributed by atoms with Crippen LogP contribution in [0.3, 0.4) is 0 Å². The SMILES string of the molecule is COc1cc(C(=O)NCc2cccc(CBr)c2)ccc1F. The fourth-order valence-electron chi connectivity index (χ4n) is 1.91. The molecule has 110 valence electrons. The summed E-state index contributed by atoms with van der Waals surface area (Å²) in [5, 5.41) is 3.57. The maximum atomic E-state index is 13.3. The highest BCUT2D eigenvalue weighted by molar-refractivity contribution is 9.08. The van der Waals surface area contributed by atoms with Gasteiger partial charge in [0.05, 0.1) is 7.11 Å². The molecule has 0 atom stereocenters. The smallest absolute Gasteiger partial charge is 0.251 e. The standard InChI is InChI=1S/C16H15BrFNO2/c1-21-15-8-13(5-6-14(15)18)16(20)19-10-12-4-2-3-11(7-12)9-17/h2-8H,9-10H2,1H3,(H,19,20). The number of halogens is 2. The van der Waals surface area contributed by atoms with Crippen LogP contribution < -0.4 is 10.1 Å². The molecule has 0 bridgehead atoms. The van der Waals surface area contributed by atoms with Crippen molar-refractivity contribution in [2.45, 2.75) is 11.9 Å². The second kappa shape index (κ2) is 7.22. The van der Waals surface area contributed by atoms with Crippen molar-refractivity contribution in [2.24, 2.45) is 0 Å². The maximum Gasteiger partial charge on any atom is 0.251 e. The van der Waals surface area contributed by atoms with E-state index in [0.29, 0.717) is 12.1 Å². The van der Waals surface area contributed by atoms with E-state index in [1.165, 1.54) is 25.3 Å². The second-order valence-electron chi connectivity index (χ2n) is 4.49. The zero-order valence-corrected chi connectivity index (χ0v) is 13.1. The van der Waals surface area contributed by atoms with Gasteiger partial charge in [0.2, 0.25) is 0 Å². The van der Waals surface area contributed by atoms with Crippen LogP contribution in [-0.2, 0) is 11.9 Å². The summed E-state index contributed by atoms with van der Waals surface area (Å²) in [6.07, 6.45) is 0. The Kier molecular flexibility index (Phi) is 5.33. The van der Waals surface area contributed by atoms with Gasteiger partial charge in [0, 0.05) is 17.4 Å². The largest absolute Gasteiger partial charge is 0.494 e. The Labute approximate surface area is 131 Å². The fraction of sp³-hybridized carbons (Fsp3) is 0.188. The molecule has 5 heteroatoms. The molecular weight excluding hydrogens is 337 g/mol. The lowest BCUT2D eigenvalue weighted by atomic mass is 10.1. The molecule has 0 aliphatic carbocycles. The molecule has 0 saturated heterocycles. The van der Waals surface area contributed by atoms with Crippen LogP contribution in [0.4, 0.5) is 4.39 Å². The second-order valence-corrected chi connectivity index (χ2v) is 5.05. The van der Waals surface area contributed by atoms with Crippen molar-refractivity contribution in [3.05, 3.63) is 65.0 Å². The van der Waals surface area contributed by atoms with Crippen LogP contribution in [0.25, 0.3) is 0 Å². The van der Waals surface area contributed by atoms with Gasteiger partial charge in [-0.05, 0) is 29.3 Å². The first-order valence-corrected chi connectivity index (χ1v) is 7.51. The van der Waals surface area contributed by atoms with Crippen LogP contribution in [0.15, 0.2) is 42.5 Å². The van der Waals surface area contributed by atoms with Gasteiger partial charge >= 0.3 is 0 Å². The zero-order valence-electron chi connectivity index (χ0n) is 11.5. The topological polar surface area (TPSA) is 38.3 Å². The lowest BCUT2D eigenvalue weighted by molar-refractivity contribution is 0.0950. The number of amides is 1. The number of ether oxygens (including phenoxy) is 1. The van der Waals surface area contributed by atoms with Crippen LogP contribution in [0.5, 0.6) is 5.75 Å². The van der Waals surface area contributed by atoms with Gasteiger partial charge in [0.25, 0.3) is 5.91 Å². The molecule has 0 fully saturated rings. The van der Waals surface area contributed by atoms with Gasteiger partial charge in [0.15, 0.2) is 11.6 Å². The van der Waals surface area contributed by atoms with Crippen LogP contribution in [0, 0.1) is 5.82 Å². The number of alkyl halides is 1. The normalized spacial score (nSPS) is 10.2. The summed E-state index contributed by atoms with van der Waals surface area (Å²) in [4.78, 5) is 12.1. The van der Waals surface area contributed by atoms with Crippen molar-refractivity contribution in [1.29, 1.82) is 0 Å². The Bertz CT molecular complexity index is 646. The molecule has 0 spiro atoms. The summed E-state index contributed by atoms with van der Waals surface area (Å²) in [5.41, 5.74) is 2.52. The van der Waals surface area contributed by atoms with Crippen LogP contribution in [0.2, 0.25) is 0 Å². The zero-order chi connectivity index (χ0) is 15.2. The van der Waals surface area contributed by atoms with Crippen molar-refractivity contribution in [1.82, 2.24) is 5.32 Å². The van der Waals surface area contributed by atoms with Gasteiger partial charge in [-0.15, -0.1) is 0 Å². The summed E-state index contributed by atoms with van der Waals surface area (Å²) in [6, 6.07) is 11.9. The summed E-state index contributed by atoms with van der Waals surface area (Å²) < 4.78 is 18.2. The van der Waals surface area contributed by atoms with Crippen LogP contribution in [-0.4, -0.2) is 13.0 Å². The van der Waals surface area contributed by atoms with Gasteiger partial charge in [-0.1, -0.05) is 40.2 Å². The summed E-state index contributed by atoms with van der Waals surface area (Å²) in [6.45, 7) is 0.416. The van der Waals surface area contributed by atoms with Crippen molar-refractivity contribution in [2.75, 3.05) is 7.11 Å². The maximum absolute atomic E-state index is 13.3. The number of hydrogen-bond donors (Lipinski definition) is 1. The first-order chi connectivity index (χ1) is 10.1. The minimum absolute atomic E-state index is 0.0592. The third-order valence-corrected chi connectivity index (χ3v) is 3.66. The monoisotopic (exact) mass is 351 g/mol. The lowest BCUT2D eigenvalue weighted by Crippen LogP contribution is -2.22. The molecule has 2 aromatic carbocycles. The molecule has 2 aromatic rings. The Morgan fingerprint density at radius 2 is 2.00 bits per heavy atom. The predicted octanol–water partition coefficient (Wildman–Crippen LogP) is 3.66. The molecule has 0 aliphatic rings. The molecule has 1 N–H and O–H groups in total. The molecule has 0 aromatic heterocycles. The molecular formula is C16H15BrFNO2. The van der Waals surface area contributed by atoms with Gasteiger partial charge in [-0.3, -0.25) is 4.79 Å². The quantitative estimate of drug-likeness (QED) is 0.834. The van der Waals surface area contributed by atoms with E-state index in [9.17, 15) is 9.18 Å². The van der Waals surface area contributed by atoms with Crippen molar-refractivity contribution in [3.63, 3.8) is 0 Å². The molecule has 0 radical (unpaired) electrons. The van der Waals surface area contributed by atoms with E-state index < -0.39 is 5.82 Å². The van der Waals surface area contributed by atoms with Gasteiger partial charge in [0.1, 0.15) is 0 Å². The van der Waals surface area contributed by atoms with Crippen molar-refractivity contribution < 1.29 is 13.9 Å². The Hall–Kier alpha value is -1.88. The van der Waals surface area contributed by atoms with Crippen LogP contribution >= 0.6 is 15.9 Å². The summed E-state index contributed by atoms with van der Waals surface area (Å²) >= 11 is 3.39. The molecule has 1 amide bonds. The molecule has 0 unspecified atom stereocenters. The Morgan fingerprint density at radius 3 is 2.71 bits per heavy atom. The highest BCUT2D eigenvalue weighted by Gasteiger charge is 2.10. The molecule has 0 saturated carbocycles. The molecule has 2 rings (SSSR count). The van der Waals surface area contributed by atoms with E-state index in [-0.39, 0.29) is 11.7 Å². The molecule has 3 nitrogen and oxygen atoms in total. The number of nitrogens with one attached hydrogen (secondary N) is 1. The number of carbonyl (C=O) groups excluding carboxylic acids is 1. The average Bonchev–Trinajstić information content (AvgIpc) is 2.53. The lowest BCUT2D eigenvalue weighted by Gasteiger charge is -2.08. The first kappa shape index (κ1) is 15.5. The van der Waals surface area contributed by atoms with Crippen LogP contribution in [0.1, 0.15) is 21.5 Å². The Balaban J connectivity index is 2.04. The third kappa shape index (κ3) is 4.04. The number of carbonyl (C=O) groups is 1. The number of hydrogen-bond acceptors (Lipinski definition) is 2. The van der Waals surface area contributed by atoms with E-state index in [1.807, 2.05) is 24.3 Å². The highest BCUT2D eigenvalue weighted by Crippen LogP contribution is 2.18. The minimum atomic E-state index is -0.487. The fourth-order valence-corrected chi connectivity index (χ4v) is 2.26. The average molecular weight is 352 g/mol. The number of methoxy groups -OCH3 is 1. The van der Waals surface area contributed by atoms with Gasteiger partial charge < -0.3 is 10.1 Å². The molecule has 0 heterocycles. The Morgan fingerprint density at radius 1 is 1.24 bits per heavy atom. The highest BCUT2D eigenvalue weighted by atomic mass is 79.9. The predicted molar refractivity (Wildman–Crippen MR) is 83.2 cm³/mol. The first-order valence-electron chi connectivity index (χ1n) is 6.39. The summed E-state index contributed by atoms with van der Waals surface area (Å²) in [7, 11) is 1.37. The van der Waals surface area contributed by atoms with Gasteiger partial charge in [-0.2, -0.15) is 0 Å². The van der Waals surface area contributed by atoms with E-state index in [1.54, 1.807) is 0 Å². The number of rotatable bonds is 5. The van der Waals surface area contributed by atoms with Crippen molar-refractivity contribution in [3.8, 4) is 5.75 Å². The van der Waals surface area contributed by atoms with E-state index >= 15 is 0 Å². The number of benzene rings is 2. The molecule has 21 heavy (non-hydrogen) atoms. The summed E-state index contributed by atoms with van der Waals surface area (Å²) in [5.74, 6) is -0.694. The van der Waals surface area contributed by atoms with Gasteiger partial charge in [-0.25, -0.2) is 4.39 Å². The minimum Gasteiger partial charge on any atom is -0.494 e. The third-order valence-electron chi connectivity index (χ3n) is 3.01.